The zero-order valence-electron chi connectivity index (χ0n) is 11.8. The Kier molecular flexibility index (Phi) is 5.41. The minimum absolute atomic E-state index is 0.0386. The van der Waals surface area contributed by atoms with Gasteiger partial charge in [0.1, 0.15) is 5.82 Å². The smallest absolute Gasteiger partial charge is 0.352 e. The SMILES string of the molecule is O=C(Cc1cccc(C(F)(F)F)c1)NCc1cc(Br)ccc1F. The van der Waals surface area contributed by atoms with Crippen molar-refractivity contribution in [3.63, 3.8) is 0 Å². The minimum atomic E-state index is -4.45. The third kappa shape index (κ3) is 5.06. The molecule has 0 heterocycles. The summed E-state index contributed by atoms with van der Waals surface area (Å²) < 4.78 is 52.0. The lowest BCUT2D eigenvalue weighted by atomic mass is 10.1. The first-order valence-corrected chi connectivity index (χ1v) is 7.42. The topological polar surface area (TPSA) is 29.1 Å². The van der Waals surface area contributed by atoms with Crippen LogP contribution in [0.5, 0.6) is 0 Å². The molecule has 0 saturated carbocycles. The van der Waals surface area contributed by atoms with E-state index in [1.165, 1.54) is 30.3 Å². The van der Waals surface area contributed by atoms with Gasteiger partial charge in [-0.1, -0.05) is 34.1 Å². The van der Waals surface area contributed by atoms with E-state index in [2.05, 4.69) is 21.2 Å². The predicted molar refractivity (Wildman–Crippen MR) is 81.1 cm³/mol. The molecule has 2 aromatic carbocycles. The van der Waals surface area contributed by atoms with Crippen molar-refractivity contribution in [1.82, 2.24) is 5.32 Å². The van der Waals surface area contributed by atoms with Crippen molar-refractivity contribution in [1.29, 1.82) is 0 Å². The van der Waals surface area contributed by atoms with E-state index in [-0.39, 0.29) is 24.1 Å². The molecule has 1 N–H and O–H groups in total. The number of nitrogens with one attached hydrogen (secondary N) is 1. The highest BCUT2D eigenvalue weighted by molar-refractivity contribution is 9.10. The maximum atomic E-state index is 13.5. The molecule has 0 spiro atoms. The monoisotopic (exact) mass is 389 g/mol. The van der Waals surface area contributed by atoms with Crippen LogP contribution in [-0.2, 0) is 23.9 Å². The van der Waals surface area contributed by atoms with E-state index in [4.69, 9.17) is 0 Å². The Hall–Kier alpha value is -1.89. The molecule has 1 amide bonds. The number of carbonyl (C=O) groups excluding carboxylic acids is 1. The fourth-order valence-corrected chi connectivity index (χ4v) is 2.39. The summed E-state index contributed by atoms with van der Waals surface area (Å²) in [6.07, 6.45) is -4.66. The summed E-state index contributed by atoms with van der Waals surface area (Å²) in [4.78, 5) is 11.8. The molecule has 0 saturated heterocycles. The van der Waals surface area contributed by atoms with Crippen LogP contribution in [0.25, 0.3) is 0 Å². The molecule has 0 aliphatic rings. The van der Waals surface area contributed by atoms with Crippen LogP contribution in [0.15, 0.2) is 46.9 Å². The summed E-state index contributed by atoms with van der Waals surface area (Å²) in [6, 6.07) is 8.88. The van der Waals surface area contributed by atoms with Crippen LogP contribution < -0.4 is 5.32 Å². The highest BCUT2D eigenvalue weighted by atomic mass is 79.9. The van der Waals surface area contributed by atoms with E-state index in [1.54, 1.807) is 0 Å². The Balaban J connectivity index is 1.99. The van der Waals surface area contributed by atoms with E-state index in [9.17, 15) is 22.4 Å². The standard InChI is InChI=1S/C16H12BrF4NO/c17-13-4-5-14(18)11(8-13)9-22-15(23)7-10-2-1-3-12(6-10)16(19,20)21/h1-6,8H,7,9H2,(H,22,23). The van der Waals surface area contributed by atoms with E-state index in [0.29, 0.717) is 4.47 Å². The van der Waals surface area contributed by atoms with Gasteiger partial charge in [0.05, 0.1) is 12.0 Å². The summed E-state index contributed by atoms with van der Waals surface area (Å²) >= 11 is 3.20. The lowest BCUT2D eigenvalue weighted by Crippen LogP contribution is -2.25. The second kappa shape index (κ2) is 7.12. The maximum absolute atomic E-state index is 13.5. The molecule has 0 fully saturated rings. The van der Waals surface area contributed by atoms with E-state index in [1.807, 2.05) is 0 Å². The first-order valence-electron chi connectivity index (χ1n) is 6.62. The Morgan fingerprint density at radius 2 is 1.87 bits per heavy atom. The second-order valence-corrected chi connectivity index (χ2v) is 5.80. The van der Waals surface area contributed by atoms with Crippen LogP contribution >= 0.6 is 15.9 Å². The van der Waals surface area contributed by atoms with E-state index in [0.717, 1.165) is 12.1 Å². The Bertz CT molecular complexity index is 715. The summed E-state index contributed by atoms with van der Waals surface area (Å²) in [5, 5.41) is 2.49. The van der Waals surface area contributed by atoms with Crippen LogP contribution in [0.2, 0.25) is 0 Å². The van der Waals surface area contributed by atoms with Gasteiger partial charge in [0, 0.05) is 16.6 Å². The highest BCUT2D eigenvalue weighted by Gasteiger charge is 2.30. The highest BCUT2D eigenvalue weighted by Crippen LogP contribution is 2.29. The zero-order valence-corrected chi connectivity index (χ0v) is 13.3. The number of halogens is 5. The van der Waals surface area contributed by atoms with Crippen molar-refractivity contribution in [2.75, 3.05) is 0 Å². The third-order valence-corrected chi connectivity index (χ3v) is 3.60. The van der Waals surface area contributed by atoms with E-state index >= 15 is 0 Å². The molecule has 23 heavy (non-hydrogen) atoms. The number of alkyl halides is 3. The average molecular weight is 390 g/mol. The molecule has 0 bridgehead atoms. The van der Waals surface area contributed by atoms with Crippen molar-refractivity contribution in [2.24, 2.45) is 0 Å². The van der Waals surface area contributed by atoms with Crippen molar-refractivity contribution in [3.8, 4) is 0 Å². The Labute approximate surface area is 138 Å². The molecule has 122 valence electrons. The molecule has 2 aromatic rings. The molecule has 2 nitrogen and oxygen atoms in total. The van der Waals surface area contributed by atoms with Gasteiger partial charge in [-0.15, -0.1) is 0 Å². The maximum Gasteiger partial charge on any atom is 0.416 e. The fourth-order valence-electron chi connectivity index (χ4n) is 1.98. The lowest BCUT2D eigenvalue weighted by Gasteiger charge is -2.10. The van der Waals surface area contributed by atoms with E-state index < -0.39 is 23.5 Å². The van der Waals surface area contributed by atoms with Gasteiger partial charge in [-0.05, 0) is 29.8 Å². The number of hydrogen-bond donors (Lipinski definition) is 1. The molecule has 0 aliphatic heterocycles. The van der Waals surface area contributed by atoms with Gasteiger partial charge < -0.3 is 5.32 Å². The molecule has 7 heteroatoms. The van der Waals surface area contributed by atoms with Crippen LogP contribution in [0, 0.1) is 5.82 Å². The summed E-state index contributed by atoms with van der Waals surface area (Å²) in [5.41, 5.74) is -0.273. The van der Waals surface area contributed by atoms with Crippen LogP contribution in [0.4, 0.5) is 17.6 Å². The summed E-state index contributed by atoms with van der Waals surface area (Å²) in [6.45, 7) is -0.0386. The van der Waals surface area contributed by atoms with Gasteiger partial charge >= 0.3 is 6.18 Å². The van der Waals surface area contributed by atoms with Gasteiger partial charge in [0.2, 0.25) is 5.91 Å². The number of rotatable bonds is 4. The number of carbonyl (C=O) groups is 1. The van der Waals surface area contributed by atoms with Crippen molar-refractivity contribution in [3.05, 3.63) is 69.4 Å². The zero-order chi connectivity index (χ0) is 17.0. The third-order valence-electron chi connectivity index (χ3n) is 3.10. The van der Waals surface area contributed by atoms with Gasteiger partial charge in [0.15, 0.2) is 0 Å². The Morgan fingerprint density at radius 1 is 1.13 bits per heavy atom. The number of amides is 1. The van der Waals surface area contributed by atoms with Crippen LogP contribution in [-0.4, -0.2) is 5.91 Å². The first-order chi connectivity index (χ1) is 10.8. The normalized spacial score (nSPS) is 11.3. The molecule has 0 radical (unpaired) electrons. The first kappa shape index (κ1) is 17.5. The molecule has 0 unspecified atom stereocenters. The largest absolute Gasteiger partial charge is 0.416 e. The molecule has 0 atom stereocenters. The average Bonchev–Trinajstić information content (AvgIpc) is 2.47. The van der Waals surface area contributed by atoms with Crippen molar-refractivity contribution in [2.45, 2.75) is 19.1 Å². The molecular weight excluding hydrogens is 378 g/mol. The number of benzene rings is 2. The van der Waals surface area contributed by atoms with Crippen molar-refractivity contribution >= 4 is 21.8 Å². The van der Waals surface area contributed by atoms with Gasteiger partial charge in [0.25, 0.3) is 0 Å². The summed E-state index contributed by atoms with van der Waals surface area (Å²) in [7, 11) is 0. The molecular formula is C16H12BrF4NO. The number of hydrogen-bond acceptors (Lipinski definition) is 1. The lowest BCUT2D eigenvalue weighted by molar-refractivity contribution is -0.137. The van der Waals surface area contributed by atoms with Gasteiger partial charge in [-0.3, -0.25) is 4.79 Å². The molecule has 2 rings (SSSR count). The van der Waals surface area contributed by atoms with Gasteiger partial charge in [-0.2, -0.15) is 13.2 Å². The van der Waals surface area contributed by atoms with Gasteiger partial charge in [-0.25, -0.2) is 4.39 Å². The molecule has 0 aliphatic carbocycles. The minimum Gasteiger partial charge on any atom is -0.352 e. The van der Waals surface area contributed by atoms with Crippen LogP contribution in [0.3, 0.4) is 0 Å². The van der Waals surface area contributed by atoms with Crippen LogP contribution in [0.1, 0.15) is 16.7 Å². The summed E-state index contributed by atoms with van der Waals surface area (Å²) in [5.74, 6) is -0.948. The quantitative estimate of drug-likeness (QED) is 0.768. The second-order valence-electron chi connectivity index (χ2n) is 4.89. The predicted octanol–water partition coefficient (Wildman–Crippen LogP) is 4.47. The Morgan fingerprint density at radius 3 is 2.57 bits per heavy atom. The molecule has 0 aromatic heterocycles. The van der Waals surface area contributed by atoms with Crippen molar-refractivity contribution < 1.29 is 22.4 Å². The fraction of sp³-hybridized carbons (Fsp3) is 0.188.